The van der Waals surface area contributed by atoms with Gasteiger partial charge in [0.1, 0.15) is 0 Å². The molecule has 132 valence electrons. The van der Waals surface area contributed by atoms with Gasteiger partial charge in [-0.2, -0.15) is 0 Å². The number of rotatable bonds is 5. The molecule has 1 aliphatic rings. The van der Waals surface area contributed by atoms with E-state index in [1.54, 1.807) is 12.3 Å². The molecule has 2 aromatic heterocycles. The van der Waals surface area contributed by atoms with Crippen LogP contribution >= 0.6 is 11.8 Å². The van der Waals surface area contributed by atoms with Crippen molar-refractivity contribution in [2.45, 2.75) is 18.0 Å². The molecule has 4 rings (SSSR count). The van der Waals surface area contributed by atoms with Crippen LogP contribution in [0.5, 0.6) is 0 Å². The maximum atomic E-state index is 12.3. The third-order valence-electron chi connectivity index (χ3n) is 4.09. The van der Waals surface area contributed by atoms with E-state index in [1.807, 2.05) is 41.0 Å². The zero-order valence-electron chi connectivity index (χ0n) is 13.9. The highest BCUT2D eigenvalue weighted by Gasteiger charge is 2.27. The van der Waals surface area contributed by atoms with Crippen LogP contribution in [0.1, 0.15) is 12.8 Å². The molecule has 1 saturated heterocycles. The number of benzene rings is 1. The lowest BCUT2D eigenvalue weighted by atomic mass is 10.3. The molecular formula is C18H16N4O3S. The van der Waals surface area contributed by atoms with E-state index in [4.69, 9.17) is 4.42 Å². The Hall–Kier alpha value is -2.87. The maximum absolute atomic E-state index is 12.3. The summed E-state index contributed by atoms with van der Waals surface area (Å²) in [5, 5.41) is 9.03. The predicted molar refractivity (Wildman–Crippen MR) is 95.7 cm³/mol. The fourth-order valence-corrected chi connectivity index (χ4v) is 3.68. The van der Waals surface area contributed by atoms with Crippen molar-refractivity contribution in [3.8, 4) is 17.3 Å². The molecule has 1 aliphatic heterocycles. The number of aromatic nitrogens is 3. The molecule has 0 bridgehead atoms. The quantitative estimate of drug-likeness (QED) is 0.644. The molecule has 0 aliphatic carbocycles. The van der Waals surface area contributed by atoms with Crippen LogP contribution in [0.25, 0.3) is 17.3 Å². The number of imide groups is 1. The van der Waals surface area contributed by atoms with Crippen LogP contribution in [0.3, 0.4) is 0 Å². The SMILES string of the molecule is O=C1CCCN1C(=O)CSc1nnc(-c2ccco2)n1-c1ccccc1. The number of amides is 2. The zero-order chi connectivity index (χ0) is 17.9. The molecular weight excluding hydrogens is 352 g/mol. The van der Waals surface area contributed by atoms with Gasteiger partial charge in [0.25, 0.3) is 0 Å². The molecule has 3 heterocycles. The average molecular weight is 368 g/mol. The van der Waals surface area contributed by atoms with Crippen LogP contribution < -0.4 is 0 Å². The van der Waals surface area contributed by atoms with Crippen molar-refractivity contribution in [3.63, 3.8) is 0 Å². The van der Waals surface area contributed by atoms with Gasteiger partial charge in [-0.15, -0.1) is 10.2 Å². The minimum atomic E-state index is -0.195. The van der Waals surface area contributed by atoms with Gasteiger partial charge in [0.05, 0.1) is 12.0 Å². The van der Waals surface area contributed by atoms with E-state index in [1.165, 1.54) is 16.7 Å². The Labute approximate surface area is 154 Å². The Kier molecular flexibility index (Phi) is 4.57. The number of nitrogens with zero attached hydrogens (tertiary/aromatic N) is 4. The van der Waals surface area contributed by atoms with Crippen molar-refractivity contribution in [1.82, 2.24) is 19.7 Å². The summed E-state index contributed by atoms with van der Waals surface area (Å²) in [6.45, 7) is 0.501. The predicted octanol–water partition coefficient (Wildman–Crippen LogP) is 2.77. The minimum absolute atomic E-state index is 0.101. The molecule has 7 nitrogen and oxygen atoms in total. The van der Waals surface area contributed by atoms with E-state index < -0.39 is 0 Å². The number of likely N-dealkylation sites (tertiary alicyclic amines) is 1. The summed E-state index contributed by atoms with van der Waals surface area (Å²) in [7, 11) is 0. The number of hydrogen-bond donors (Lipinski definition) is 0. The summed E-state index contributed by atoms with van der Waals surface area (Å²) >= 11 is 1.26. The van der Waals surface area contributed by atoms with Crippen molar-refractivity contribution in [1.29, 1.82) is 0 Å². The lowest BCUT2D eigenvalue weighted by molar-refractivity contribution is -0.140. The number of thioether (sulfide) groups is 1. The normalized spacial score (nSPS) is 14.2. The molecule has 1 aromatic carbocycles. The van der Waals surface area contributed by atoms with E-state index in [0.29, 0.717) is 29.7 Å². The molecule has 1 fully saturated rings. The van der Waals surface area contributed by atoms with Crippen molar-refractivity contribution in [3.05, 3.63) is 48.7 Å². The molecule has 0 atom stereocenters. The first-order chi connectivity index (χ1) is 12.7. The summed E-state index contributed by atoms with van der Waals surface area (Å²) in [6.07, 6.45) is 2.76. The first-order valence-electron chi connectivity index (χ1n) is 8.25. The highest BCUT2D eigenvalue weighted by Crippen LogP contribution is 2.28. The van der Waals surface area contributed by atoms with Crippen molar-refractivity contribution in [2.24, 2.45) is 0 Å². The Balaban J connectivity index is 1.62. The first kappa shape index (κ1) is 16.6. The highest BCUT2D eigenvalue weighted by atomic mass is 32.2. The van der Waals surface area contributed by atoms with Crippen molar-refractivity contribution in [2.75, 3.05) is 12.3 Å². The molecule has 0 spiro atoms. The smallest absolute Gasteiger partial charge is 0.239 e. The monoisotopic (exact) mass is 368 g/mol. The van der Waals surface area contributed by atoms with Gasteiger partial charge < -0.3 is 4.42 Å². The summed E-state index contributed by atoms with van der Waals surface area (Å²) in [4.78, 5) is 25.4. The van der Waals surface area contributed by atoms with Crippen LogP contribution in [0.15, 0.2) is 58.3 Å². The summed E-state index contributed by atoms with van der Waals surface area (Å²) in [5.74, 6) is 0.994. The minimum Gasteiger partial charge on any atom is -0.461 e. The summed E-state index contributed by atoms with van der Waals surface area (Å²) in [6, 6.07) is 13.2. The summed E-state index contributed by atoms with van der Waals surface area (Å²) in [5.41, 5.74) is 0.871. The van der Waals surface area contributed by atoms with Crippen LogP contribution in [0.4, 0.5) is 0 Å². The molecule has 3 aromatic rings. The third kappa shape index (κ3) is 3.15. The topological polar surface area (TPSA) is 81.2 Å². The molecule has 26 heavy (non-hydrogen) atoms. The number of hydrogen-bond acceptors (Lipinski definition) is 6. The average Bonchev–Trinajstić information content (AvgIpc) is 3.40. The standard InChI is InChI=1S/C18H16N4O3S/c23-15-9-4-10-21(15)16(24)12-26-18-20-19-17(14-8-5-11-25-14)22(18)13-6-2-1-3-7-13/h1-3,5-8,11H,4,9-10,12H2. The Bertz CT molecular complexity index is 921. The molecule has 0 unspecified atom stereocenters. The van der Waals surface area contributed by atoms with Crippen molar-refractivity contribution < 1.29 is 14.0 Å². The lowest BCUT2D eigenvalue weighted by Gasteiger charge is -2.13. The number of carbonyl (C=O) groups excluding carboxylic acids is 2. The second kappa shape index (κ2) is 7.17. The third-order valence-corrected chi connectivity index (χ3v) is 5.00. The maximum Gasteiger partial charge on any atom is 0.239 e. The van der Waals surface area contributed by atoms with Gasteiger partial charge in [-0.25, -0.2) is 0 Å². The molecule has 2 amide bonds. The largest absolute Gasteiger partial charge is 0.461 e. The van der Waals surface area contributed by atoms with Gasteiger partial charge in [-0.1, -0.05) is 30.0 Å². The Morgan fingerprint density at radius 1 is 1.15 bits per heavy atom. The van der Waals surface area contributed by atoms with Gasteiger partial charge in [-0.05, 0) is 30.7 Å². The van der Waals surface area contributed by atoms with E-state index >= 15 is 0 Å². The zero-order valence-corrected chi connectivity index (χ0v) is 14.7. The van der Waals surface area contributed by atoms with E-state index in [0.717, 1.165) is 12.1 Å². The molecule has 8 heteroatoms. The van der Waals surface area contributed by atoms with Gasteiger partial charge in [-0.3, -0.25) is 19.1 Å². The van der Waals surface area contributed by atoms with Crippen LogP contribution in [0, 0.1) is 0 Å². The van der Waals surface area contributed by atoms with Crippen LogP contribution in [0.2, 0.25) is 0 Å². The number of carbonyl (C=O) groups is 2. The van der Waals surface area contributed by atoms with Gasteiger partial charge >= 0.3 is 0 Å². The second-order valence-corrected chi connectivity index (χ2v) is 6.73. The Morgan fingerprint density at radius 2 is 2.00 bits per heavy atom. The van der Waals surface area contributed by atoms with Gasteiger partial charge in [0.15, 0.2) is 10.9 Å². The van der Waals surface area contributed by atoms with Crippen LogP contribution in [-0.4, -0.2) is 43.8 Å². The highest BCUT2D eigenvalue weighted by molar-refractivity contribution is 7.99. The molecule has 0 radical (unpaired) electrons. The fourth-order valence-electron chi connectivity index (χ4n) is 2.85. The van der Waals surface area contributed by atoms with Gasteiger partial charge in [0, 0.05) is 18.7 Å². The lowest BCUT2D eigenvalue weighted by Crippen LogP contribution is -2.33. The summed E-state index contributed by atoms with van der Waals surface area (Å²) < 4.78 is 7.31. The van der Waals surface area contributed by atoms with E-state index in [9.17, 15) is 9.59 Å². The number of para-hydroxylation sites is 1. The second-order valence-electron chi connectivity index (χ2n) is 5.79. The van der Waals surface area contributed by atoms with E-state index in [2.05, 4.69) is 10.2 Å². The van der Waals surface area contributed by atoms with Crippen LogP contribution in [-0.2, 0) is 9.59 Å². The van der Waals surface area contributed by atoms with Gasteiger partial charge in [0.2, 0.25) is 17.6 Å². The molecule has 0 saturated carbocycles. The Morgan fingerprint density at radius 3 is 2.69 bits per heavy atom. The number of furan rings is 1. The van der Waals surface area contributed by atoms with Crippen molar-refractivity contribution >= 4 is 23.6 Å². The fraction of sp³-hybridized carbons (Fsp3) is 0.222. The van der Waals surface area contributed by atoms with E-state index in [-0.39, 0.29) is 17.6 Å². The first-order valence-corrected chi connectivity index (χ1v) is 9.23. The molecule has 0 N–H and O–H groups in total.